The molecule has 0 saturated heterocycles. The Balaban J connectivity index is 3.01. The van der Waals surface area contributed by atoms with E-state index in [0.29, 0.717) is 6.42 Å². The average molecular weight is 198 g/mol. The van der Waals surface area contributed by atoms with Gasteiger partial charge in [0.2, 0.25) is 5.91 Å². The van der Waals surface area contributed by atoms with Crippen molar-refractivity contribution >= 4 is 5.91 Å². The lowest BCUT2D eigenvalue weighted by Crippen LogP contribution is -2.18. The third-order valence-corrected chi connectivity index (χ3v) is 2.31. The summed E-state index contributed by atoms with van der Waals surface area (Å²) in [6.45, 7) is 5.76. The third kappa shape index (κ3) is 9.56. The summed E-state index contributed by atoms with van der Waals surface area (Å²) in [5, 5.41) is 2.69. The molecule has 14 heavy (non-hydrogen) atoms. The van der Waals surface area contributed by atoms with Crippen LogP contribution in [0.25, 0.3) is 0 Å². The van der Waals surface area contributed by atoms with Gasteiger partial charge in [-0.1, -0.05) is 45.4 Å². The maximum atomic E-state index is 11.0. The summed E-state index contributed by atoms with van der Waals surface area (Å²) in [6.07, 6.45) is 9.52. The standard InChI is InChI=1S/C12H24NO/c1-3-5-6-7-8-9-10-11-12(14)13-4-2/h4H,3,5-11H2,1-2H3,(H,13,14). The van der Waals surface area contributed by atoms with Gasteiger partial charge in [-0.25, -0.2) is 0 Å². The lowest BCUT2D eigenvalue weighted by atomic mass is 10.1. The summed E-state index contributed by atoms with van der Waals surface area (Å²) in [6, 6.07) is 0. The van der Waals surface area contributed by atoms with E-state index < -0.39 is 0 Å². The maximum Gasteiger partial charge on any atom is 0.220 e. The van der Waals surface area contributed by atoms with Crippen LogP contribution < -0.4 is 5.32 Å². The van der Waals surface area contributed by atoms with Crippen molar-refractivity contribution in [3.63, 3.8) is 0 Å². The minimum atomic E-state index is 0.154. The molecular weight excluding hydrogens is 174 g/mol. The Kier molecular flexibility index (Phi) is 10.2. The van der Waals surface area contributed by atoms with Crippen LogP contribution in [-0.2, 0) is 4.79 Å². The zero-order valence-corrected chi connectivity index (χ0v) is 9.64. The van der Waals surface area contributed by atoms with E-state index in [1.54, 1.807) is 6.54 Å². The summed E-state index contributed by atoms with van der Waals surface area (Å²) in [7, 11) is 0. The molecule has 0 bridgehead atoms. The fraction of sp³-hybridized carbons (Fsp3) is 0.833. The van der Waals surface area contributed by atoms with Crippen molar-refractivity contribution in [3.05, 3.63) is 6.54 Å². The molecule has 0 aromatic rings. The number of carbonyl (C=O) groups excluding carboxylic acids is 1. The van der Waals surface area contributed by atoms with Crippen LogP contribution in [0.1, 0.15) is 65.2 Å². The van der Waals surface area contributed by atoms with E-state index >= 15 is 0 Å². The first-order valence-corrected chi connectivity index (χ1v) is 5.88. The maximum absolute atomic E-state index is 11.0. The number of amides is 1. The predicted octanol–water partition coefficient (Wildman–Crippen LogP) is 3.42. The number of hydrogen-bond acceptors (Lipinski definition) is 1. The molecule has 0 aliphatic carbocycles. The van der Waals surface area contributed by atoms with Gasteiger partial charge in [-0.15, -0.1) is 0 Å². The van der Waals surface area contributed by atoms with Gasteiger partial charge < -0.3 is 5.32 Å². The van der Waals surface area contributed by atoms with Crippen molar-refractivity contribution in [1.29, 1.82) is 0 Å². The zero-order chi connectivity index (χ0) is 10.6. The molecule has 83 valence electrons. The molecular formula is C12H24NO. The molecule has 1 amide bonds. The van der Waals surface area contributed by atoms with E-state index in [0.717, 1.165) is 6.42 Å². The van der Waals surface area contributed by atoms with Crippen molar-refractivity contribution in [1.82, 2.24) is 5.32 Å². The Morgan fingerprint density at radius 1 is 1.07 bits per heavy atom. The number of unbranched alkanes of at least 4 members (excludes halogenated alkanes) is 6. The lowest BCUT2D eigenvalue weighted by molar-refractivity contribution is -0.120. The van der Waals surface area contributed by atoms with Gasteiger partial charge in [-0.05, 0) is 13.3 Å². The second-order valence-electron chi connectivity index (χ2n) is 3.73. The smallest absolute Gasteiger partial charge is 0.220 e. The Morgan fingerprint density at radius 3 is 2.21 bits per heavy atom. The van der Waals surface area contributed by atoms with Crippen LogP contribution in [-0.4, -0.2) is 5.91 Å². The minimum absolute atomic E-state index is 0.154. The summed E-state index contributed by atoms with van der Waals surface area (Å²) in [4.78, 5) is 11.0. The fourth-order valence-corrected chi connectivity index (χ4v) is 1.48. The Morgan fingerprint density at radius 2 is 1.64 bits per heavy atom. The molecule has 0 unspecified atom stereocenters. The van der Waals surface area contributed by atoms with Crippen LogP contribution >= 0.6 is 0 Å². The lowest BCUT2D eigenvalue weighted by Gasteiger charge is -2.01. The quantitative estimate of drug-likeness (QED) is 0.565. The first-order chi connectivity index (χ1) is 6.81. The second-order valence-corrected chi connectivity index (χ2v) is 3.73. The van der Waals surface area contributed by atoms with Gasteiger partial charge in [0.25, 0.3) is 0 Å². The summed E-state index contributed by atoms with van der Waals surface area (Å²) in [5.41, 5.74) is 0. The molecule has 0 aliphatic heterocycles. The largest absolute Gasteiger partial charge is 0.352 e. The number of rotatable bonds is 9. The highest BCUT2D eigenvalue weighted by Crippen LogP contribution is 2.08. The molecule has 0 fully saturated rings. The van der Waals surface area contributed by atoms with E-state index in [-0.39, 0.29) is 5.91 Å². The molecule has 0 spiro atoms. The van der Waals surface area contributed by atoms with Crippen LogP contribution in [0.4, 0.5) is 0 Å². The third-order valence-electron chi connectivity index (χ3n) is 2.31. The first kappa shape index (κ1) is 13.5. The second kappa shape index (κ2) is 10.6. The van der Waals surface area contributed by atoms with Gasteiger partial charge in [0.05, 0.1) is 0 Å². The summed E-state index contributed by atoms with van der Waals surface area (Å²) in [5.74, 6) is 0.154. The topological polar surface area (TPSA) is 29.1 Å². The molecule has 0 aromatic heterocycles. The number of hydrogen-bond donors (Lipinski definition) is 1. The Labute approximate surface area is 88.5 Å². The van der Waals surface area contributed by atoms with Crippen LogP contribution in [0, 0.1) is 6.54 Å². The van der Waals surface area contributed by atoms with Crippen LogP contribution in [0.5, 0.6) is 0 Å². The average Bonchev–Trinajstić information content (AvgIpc) is 2.17. The van der Waals surface area contributed by atoms with Crippen molar-refractivity contribution in [2.45, 2.75) is 65.2 Å². The minimum Gasteiger partial charge on any atom is -0.352 e. The zero-order valence-electron chi connectivity index (χ0n) is 9.64. The van der Waals surface area contributed by atoms with Gasteiger partial charge in [0, 0.05) is 13.0 Å². The van der Waals surface area contributed by atoms with Gasteiger partial charge in [-0.3, -0.25) is 4.79 Å². The molecule has 0 atom stereocenters. The Hall–Kier alpha value is -0.530. The van der Waals surface area contributed by atoms with Crippen molar-refractivity contribution in [2.24, 2.45) is 0 Å². The monoisotopic (exact) mass is 198 g/mol. The van der Waals surface area contributed by atoms with Gasteiger partial charge in [-0.2, -0.15) is 0 Å². The molecule has 0 aliphatic rings. The molecule has 0 saturated carbocycles. The molecule has 0 aromatic carbocycles. The highest BCUT2D eigenvalue weighted by atomic mass is 16.1. The molecule has 1 N–H and O–H groups in total. The van der Waals surface area contributed by atoms with Crippen molar-refractivity contribution < 1.29 is 4.79 Å². The van der Waals surface area contributed by atoms with Gasteiger partial charge >= 0.3 is 0 Å². The van der Waals surface area contributed by atoms with E-state index in [2.05, 4.69) is 12.2 Å². The predicted molar refractivity (Wildman–Crippen MR) is 60.7 cm³/mol. The first-order valence-electron chi connectivity index (χ1n) is 5.88. The van der Waals surface area contributed by atoms with Crippen LogP contribution in [0.3, 0.4) is 0 Å². The van der Waals surface area contributed by atoms with Crippen molar-refractivity contribution in [2.75, 3.05) is 0 Å². The molecule has 2 nitrogen and oxygen atoms in total. The van der Waals surface area contributed by atoms with E-state index in [4.69, 9.17) is 0 Å². The van der Waals surface area contributed by atoms with E-state index in [1.165, 1.54) is 38.5 Å². The number of carbonyl (C=O) groups is 1. The van der Waals surface area contributed by atoms with Crippen LogP contribution in [0.15, 0.2) is 0 Å². The van der Waals surface area contributed by atoms with E-state index in [9.17, 15) is 4.79 Å². The van der Waals surface area contributed by atoms with Crippen molar-refractivity contribution in [3.8, 4) is 0 Å². The van der Waals surface area contributed by atoms with Crippen LogP contribution in [0.2, 0.25) is 0 Å². The highest BCUT2D eigenvalue weighted by molar-refractivity contribution is 5.76. The SMILES string of the molecule is C[CH]NC(=O)CCCCCCCCC. The molecule has 2 heteroatoms. The normalized spacial score (nSPS) is 10.1. The molecule has 0 rings (SSSR count). The fourth-order valence-electron chi connectivity index (χ4n) is 1.48. The van der Waals surface area contributed by atoms with E-state index in [1.807, 2.05) is 6.92 Å². The highest BCUT2D eigenvalue weighted by Gasteiger charge is 1.98. The summed E-state index contributed by atoms with van der Waals surface area (Å²) >= 11 is 0. The Bertz CT molecular complexity index is 134. The molecule has 0 heterocycles. The molecule has 1 radical (unpaired) electrons. The van der Waals surface area contributed by atoms with Gasteiger partial charge in [0.15, 0.2) is 0 Å². The van der Waals surface area contributed by atoms with Gasteiger partial charge in [0.1, 0.15) is 0 Å². The number of nitrogens with one attached hydrogen (secondary N) is 1. The summed E-state index contributed by atoms with van der Waals surface area (Å²) < 4.78 is 0.